The fraction of sp³-hybridized carbons (Fsp3) is 0.333. The van der Waals surface area contributed by atoms with Crippen molar-refractivity contribution in [2.45, 2.75) is 25.3 Å². The number of nitrogens with zero attached hydrogens (tertiary/aromatic N) is 4. The van der Waals surface area contributed by atoms with Crippen LogP contribution in [0.4, 0.5) is 0 Å². The van der Waals surface area contributed by atoms with Gasteiger partial charge in [0.2, 0.25) is 11.7 Å². The molecule has 1 unspecified atom stereocenters. The Kier molecular flexibility index (Phi) is 4.16. The molecule has 4 heterocycles. The van der Waals surface area contributed by atoms with Gasteiger partial charge in [-0.2, -0.15) is 0 Å². The van der Waals surface area contributed by atoms with Gasteiger partial charge in [0, 0.05) is 43.0 Å². The van der Waals surface area contributed by atoms with E-state index in [1.807, 2.05) is 0 Å². The monoisotopic (exact) mass is 353 g/mol. The molecule has 3 aromatic rings. The van der Waals surface area contributed by atoms with Crippen molar-refractivity contribution < 1.29 is 9.53 Å². The second kappa shape index (κ2) is 6.62. The SMILES string of the molecule is COc1ccc(C(=O)N2CCCCC2c2cc(=O)n3ccnc3[nH]2)cn1. The summed E-state index contributed by atoms with van der Waals surface area (Å²) < 4.78 is 6.50. The number of pyridine rings is 1. The molecule has 4 rings (SSSR count). The summed E-state index contributed by atoms with van der Waals surface area (Å²) in [4.78, 5) is 38.6. The number of carbonyl (C=O) groups is 1. The Morgan fingerprint density at radius 3 is 2.96 bits per heavy atom. The molecular weight excluding hydrogens is 334 g/mol. The molecular formula is C18H19N5O3. The van der Waals surface area contributed by atoms with E-state index in [9.17, 15) is 9.59 Å². The molecule has 0 aliphatic carbocycles. The molecule has 1 atom stereocenters. The number of aromatic nitrogens is 4. The van der Waals surface area contributed by atoms with E-state index < -0.39 is 0 Å². The minimum atomic E-state index is -0.187. The summed E-state index contributed by atoms with van der Waals surface area (Å²) in [7, 11) is 1.53. The summed E-state index contributed by atoms with van der Waals surface area (Å²) >= 11 is 0. The van der Waals surface area contributed by atoms with Crippen LogP contribution in [0.1, 0.15) is 41.4 Å². The first-order chi connectivity index (χ1) is 12.7. The Labute approximate surface area is 149 Å². The molecule has 0 bridgehead atoms. The molecule has 1 aliphatic heterocycles. The van der Waals surface area contributed by atoms with E-state index in [2.05, 4.69) is 15.0 Å². The molecule has 0 aromatic carbocycles. The predicted octanol–water partition coefficient (Wildman–Crippen LogP) is 1.79. The average Bonchev–Trinajstić information content (AvgIpc) is 3.17. The van der Waals surface area contributed by atoms with Crippen molar-refractivity contribution in [1.82, 2.24) is 24.3 Å². The zero-order valence-electron chi connectivity index (χ0n) is 14.4. The first-order valence-corrected chi connectivity index (χ1v) is 8.54. The maximum absolute atomic E-state index is 13.0. The molecule has 1 saturated heterocycles. The Bertz CT molecular complexity index is 992. The van der Waals surface area contributed by atoms with Crippen LogP contribution in [0.15, 0.2) is 41.6 Å². The Morgan fingerprint density at radius 1 is 1.31 bits per heavy atom. The molecule has 0 radical (unpaired) electrons. The van der Waals surface area contributed by atoms with Gasteiger partial charge in [0.1, 0.15) is 0 Å². The highest BCUT2D eigenvalue weighted by atomic mass is 16.5. The highest BCUT2D eigenvalue weighted by Gasteiger charge is 2.30. The van der Waals surface area contributed by atoms with E-state index in [0.717, 1.165) is 19.3 Å². The zero-order valence-corrected chi connectivity index (χ0v) is 14.4. The second-order valence-corrected chi connectivity index (χ2v) is 6.28. The van der Waals surface area contributed by atoms with Crippen molar-refractivity contribution in [3.63, 3.8) is 0 Å². The lowest BCUT2D eigenvalue weighted by Gasteiger charge is -2.35. The van der Waals surface area contributed by atoms with Gasteiger partial charge in [-0.1, -0.05) is 0 Å². The van der Waals surface area contributed by atoms with Crippen LogP contribution in [0.25, 0.3) is 5.78 Å². The summed E-state index contributed by atoms with van der Waals surface area (Å²) in [6.45, 7) is 0.636. The maximum Gasteiger partial charge on any atom is 0.259 e. The fourth-order valence-electron chi connectivity index (χ4n) is 3.41. The third-order valence-corrected chi connectivity index (χ3v) is 4.73. The number of hydrogen-bond donors (Lipinski definition) is 1. The van der Waals surface area contributed by atoms with Crippen molar-refractivity contribution >= 4 is 11.7 Å². The van der Waals surface area contributed by atoms with Gasteiger partial charge >= 0.3 is 0 Å². The molecule has 26 heavy (non-hydrogen) atoms. The van der Waals surface area contributed by atoms with Crippen LogP contribution < -0.4 is 10.3 Å². The molecule has 8 nitrogen and oxygen atoms in total. The normalized spacial score (nSPS) is 17.4. The van der Waals surface area contributed by atoms with Gasteiger partial charge < -0.3 is 14.6 Å². The van der Waals surface area contributed by atoms with Gasteiger partial charge in [0.25, 0.3) is 11.5 Å². The lowest BCUT2D eigenvalue weighted by Crippen LogP contribution is -2.39. The largest absolute Gasteiger partial charge is 0.481 e. The van der Waals surface area contributed by atoms with Crippen LogP contribution in [0.2, 0.25) is 0 Å². The van der Waals surface area contributed by atoms with E-state index in [0.29, 0.717) is 29.5 Å². The van der Waals surface area contributed by atoms with Gasteiger partial charge in [0.05, 0.1) is 18.7 Å². The zero-order chi connectivity index (χ0) is 18.1. The van der Waals surface area contributed by atoms with Crippen LogP contribution in [-0.4, -0.2) is 43.8 Å². The lowest BCUT2D eigenvalue weighted by molar-refractivity contribution is 0.0605. The average molecular weight is 353 g/mol. The number of aromatic amines is 1. The number of H-pyrrole nitrogens is 1. The molecule has 1 fully saturated rings. The number of nitrogens with one attached hydrogen (secondary N) is 1. The second-order valence-electron chi connectivity index (χ2n) is 6.28. The van der Waals surface area contributed by atoms with E-state index in [4.69, 9.17) is 4.74 Å². The number of piperidine rings is 1. The number of rotatable bonds is 3. The number of methoxy groups -OCH3 is 1. The van der Waals surface area contributed by atoms with Crippen LogP contribution in [0.5, 0.6) is 5.88 Å². The molecule has 1 amide bonds. The van der Waals surface area contributed by atoms with Crippen LogP contribution in [0.3, 0.4) is 0 Å². The van der Waals surface area contributed by atoms with Gasteiger partial charge in [-0.15, -0.1) is 0 Å². The van der Waals surface area contributed by atoms with Gasteiger partial charge in [-0.05, 0) is 25.3 Å². The van der Waals surface area contributed by atoms with Gasteiger partial charge in [0.15, 0.2) is 0 Å². The molecule has 8 heteroatoms. The number of fused-ring (bicyclic) bond motifs is 1. The number of ether oxygens (including phenoxy) is 1. The molecule has 1 N–H and O–H groups in total. The number of hydrogen-bond acceptors (Lipinski definition) is 5. The summed E-state index contributed by atoms with van der Waals surface area (Å²) in [6, 6.07) is 4.75. The highest BCUT2D eigenvalue weighted by Crippen LogP contribution is 2.30. The van der Waals surface area contributed by atoms with Gasteiger partial charge in [-0.25, -0.2) is 9.97 Å². The molecule has 134 valence electrons. The van der Waals surface area contributed by atoms with Crippen molar-refractivity contribution in [2.24, 2.45) is 0 Å². The Balaban J connectivity index is 1.68. The van der Waals surface area contributed by atoms with Crippen molar-refractivity contribution in [1.29, 1.82) is 0 Å². The Hall–Kier alpha value is -3.16. The number of likely N-dealkylation sites (tertiary alicyclic amines) is 1. The van der Waals surface area contributed by atoms with E-state index >= 15 is 0 Å². The molecule has 0 saturated carbocycles. The smallest absolute Gasteiger partial charge is 0.259 e. The van der Waals surface area contributed by atoms with Crippen molar-refractivity contribution in [3.8, 4) is 5.88 Å². The third kappa shape index (κ3) is 2.83. The van der Waals surface area contributed by atoms with Crippen LogP contribution >= 0.6 is 0 Å². The van der Waals surface area contributed by atoms with E-state index in [1.165, 1.54) is 17.7 Å². The summed E-state index contributed by atoms with van der Waals surface area (Å²) in [6.07, 6.45) is 7.43. The number of imidazole rings is 1. The minimum absolute atomic E-state index is 0.103. The predicted molar refractivity (Wildman–Crippen MR) is 94.2 cm³/mol. The first kappa shape index (κ1) is 16.3. The summed E-state index contributed by atoms with van der Waals surface area (Å²) in [5.74, 6) is 0.844. The van der Waals surface area contributed by atoms with E-state index in [-0.39, 0.29) is 17.5 Å². The quantitative estimate of drug-likeness (QED) is 0.775. The molecule has 3 aromatic heterocycles. The van der Waals surface area contributed by atoms with Crippen LogP contribution in [0, 0.1) is 0 Å². The molecule has 1 aliphatic rings. The van der Waals surface area contributed by atoms with Gasteiger partial charge in [-0.3, -0.25) is 14.0 Å². The standard InChI is InChI=1S/C18H19N5O3/c1-26-15-6-5-12(11-20-15)17(25)22-8-3-2-4-14(22)13-10-16(24)23-9-7-19-18(23)21-13/h5-7,9-11,14H,2-4,8H2,1H3,(H,19,21). The highest BCUT2D eigenvalue weighted by molar-refractivity contribution is 5.94. The summed E-state index contributed by atoms with van der Waals surface area (Å²) in [5.41, 5.74) is 1.06. The lowest BCUT2D eigenvalue weighted by atomic mass is 9.98. The fourth-order valence-corrected chi connectivity index (χ4v) is 3.41. The summed E-state index contributed by atoms with van der Waals surface area (Å²) in [5, 5.41) is 0. The first-order valence-electron chi connectivity index (χ1n) is 8.54. The maximum atomic E-state index is 13.0. The van der Waals surface area contributed by atoms with Crippen molar-refractivity contribution in [3.05, 3.63) is 58.4 Å². The molecule has 0 spiro atoms. The number of amides is 1. The Morgan fingerprint density at radius 2 is 2.19 bits per heavy atom. The number of carbonyl (C=O) groups excluding carboxylic acids is 1. The third-order valence-electron chi connectivity index (χ3n) is 4.73. The minimum Gasteiger partial charge on any atom is -0.481 e. The van der Waals surface area contributed by atoms with Crippen LogP contribution in [-0.2, 0) is 0 Å². The van der Waals surface area contributed by atoms with E-state index in [1.54, 1.807) is 35.5 Å². The van der Waals surface area contributed by atoms with Crippen molar-refractivity contribution in [2.75, 3.05) is 13.7 Å². The topological polar surface area (TPSA) is 92.6 Å².